The van der Waals surface area contributed by atoms with Crippen LogP contribution in [0.1, 0.15) is 43.5 Å². The lowest BCUT2D eigenvalue weighted by molar-refractivity contribution is 0.397. The molecule has 2 N–H and O–H groups in total. The number of ether oxygens (including phenoxy) is 1. The Hall–Kier alpha value is -1.81. The SMILES string of the molecule is CCCn1ncc(OC)c1C(N)CCCc1ccccc1. The summed E-state index contributed by atoms with van der Waals surface area (Å²) in [4.78, 5) is 0. The van der Waals surface area contributed by atoms with Crippen LogP contribution in [0.3, 0.4) is 0 Å². The number of aromatic nitrogens is 2. The Labute approximate surface area is 126 Å². The van der Waals surface area contributed by atoms with Gasteiger partial charge in [0.15, 0.2) is 5.75 Å². The molecule has 0 aliphatic rings. The van der Waals surface area contributed by atoms with Crippen molar-refractivity contribution in [2.45, 2.75) is 45.2 Å². The fourth-order valence-electron chi connectivity index (χ4n) is 2.61. The van der Waals surface area contributed by atoms with E-state index >= 15 is 0 Å². The first kappa shape index (κ1) is 15.6. The first-order valence-corrected chi connectivity index (χ1v) is 7.65. The summed E-state index contributed by atoms with van der Waals surface area (Å²) in [6, 6.07) is 10.5. The molecule has 0 saturated heterocycles. The number of nitrogens with zero attached hydrogens (tertiary/aromatic N) is 2. The first-order valence-electron chi connectivity index (χ1n) is 7.65. The lowest BCUT2D eigenvalue weighted by Crippen LogP contribution is -2.17. The Balaban J connectivity index is 1.96. The molecule has 0 bridgehead atoms. The van der Waals surface area contributed by atoms with Gasteiger partial charge in [-0.05, 0) is 31.2 Å². The summed E-state index contributed by atoms with van der Waals surface area (Å²) in [6.45, 7) is 3.02. The highest BCUT2D eigenvalue weighted by atomic mass is 16.5. The molecule has 2 aromatic rings. The average Bonchev–Trinajstić information content (AvgIpc) is 2.91. The van der Waals surface area contributed by atoms with E-state index < -0.39 is 0 Å². The lowest BCUT2D eigenvalue weighted by atomic mass is 10.0. The molecule has 0 fully saturated rings. The van der Waals surface area contributed by atoms with Crippen LogP contribution in [0.25, 0.3) is 0 Å². The van der Waals surface area contributed by atoms with Gasteiger partial charge in [0.25, 0.3) is 0 Å². The van der Waals surface area contributed by atoms with E-state index in [-0.39, 0.29) is 6.04 Å². The Morgan fingerprint density at radius 1 is 1.29 bits per heavy atom. The summed E-state index contributed by atoms with van der Waals surface area (Å²) >= 11 is 0. The highest BCUT2D eigenvalue weighted by Crippen LogP contribution is 2.27. The second-order valence-corrected chi connectivity index (χ2v) is 5.31. The van der Waals surface area contributed by atoms with Crippen LogP contribution in [-0.4, -0.2) is 16.9 Å². The number of hydrogen-bond acceptors (Lipinski definition) is 3. The third-order valence-corrected chi connectivity index (χ3v) is 3.67. The molecule has 1 heterocycles. The summed E-state index contributed by atoms with van der Waals surface area (Å²) < 4.78 is 7.37. The molecule has 1 aromatic carbocycles. The molecule has 1 atom stereocenters. The van der Waals surface area contributed by atoms with Crippen LogP contribution >= 0.6 is 0 Å². The van der Waals surface area contributed by atoms with Crippen molar-refractivity contribution in [2.75, 3.05) is 7.11 Å². The van der Waals surface area contributed by atoms with Gasteiger partial charge in [0.2, 0.25) is 0 Å². The molecule has 114 valence electrons. The van der Waals surface area contributed by atoms with Gasteiger partial charge in [-0.1, -0.05) is 37.3 Å². The molecule has 0 saturated carbocycles. The Morgan fingerprint density at radius 2 is 2.05 bits per heavy atom. The van der Waals surface area contributed by atoms with Crippen LogP contribution in [-0.2, 0) is 13.0 Å². The van der Waals surface area contributed by atoms with E-state index in [1.54, 1.807) is 13.3 Å². The molecular formula is C17H25N3O. The summed E-state index contributed by atoms with van der Waals surface area (Å²) in [5, 5.41) is 4.38. The summed E-state index contributed by atoms with van der Waals surface area (Å²) in [5.41, 5.74) is 8.75. The number of aryl methyl sites for hydroxylation is 2. The van der Waals surface area contributed by atoms with Crippen molar-refractivity contribution in [3.8, 4) is 5.75 Å². The molecule has 21 heavy (non-hydrogen) atoms. The molecule has 0 aliphatic heterocycles. The van der Waals surface area contributed by atoms with Crippen molar-refractivity contribution in [3.05, 3.63) is 47.8 Å². The van der Waals surface area contributed by atoms with E-state index in [4.69, 9.17) is 10.5 Å². The molecule has 1 unspecified atom stereocenters. The zero-order valence-electron chi connectivity index (χ0n) is 13.0. The predicted molar refractivity (Wildman–Crippen MR) is 85.4 cm³/mol. The zero-order chi connectivity index (χ0) is 15.1. The lowest BCUT2D eigenvalue weighted by Gasteiger charge is -2.15. The van der Waals surface area contributed by atoms with Crippen molar-refractivity contribution in [2.24, 2.45) is 5.73 Å². The van der Waals surface area contributed by atoms with E-state index in [0.29, 0.717) is 0 Å². The van der Waals surface area contributed by atoms with E-state index in [1.807, 2.05) is 10.7 Å². The van der Waals surface area contributed by atoms with Crippen molar-refractivity contribution in [1.29, 1.82) is 0 Å². The topological polar surface area (TPSA) is 53.1 Å². The molecular weight excluding hydrogens is 262 g/mol. The van der Waals surface area contributed by atoms with Crippen LogP contribution in [0, 0.1) is 0 Å². The molecule has 0 aliphatic carbocycles. The molecule has 4 heteroatoms. The molecule has 0 spiro atoms. The number of methoxy groups -OCH3 is 1. The monoisotopic (exact) mass is 287 g/mol. The number of hydrogen-bond donors (Lipinski definition) is 1. The fraction of sp³-hybridized carbons (Fsp3) is 0.471. The number of nitrogens with two attached hydrogens (primary N) is 1. The highest BCUT2D eigenvalue weighted by molar-refractivity contribution is 5.28. The van der Waals surface area contributed by atoms with Gasteiger partial charge >= 0.3 is 0 Å². The maximum Gasteiger partial charge on any atom is 0.161 e. The quantitative estimate of drug-likeness (QED) is 0.810. The van der Waals surface area contributed by atoms with E-state index in [0.717, 1.165) is 43.7 Å². The zero-order valence-corrected chi connectivity index (χ0v) is 13.0. The minimum absolute atomic E-state index is 0.0299. The van der Waals surface area contributed by atoms with Crippen LogP contribution in [0.2, 0.25) is 0 Å². The molecule has 4 nitrogen and oxygen atoms in total. The van der Waals surface area contributed by atoms with Crippen LogP contribution in [0.5, 0.6) is 5.75 Å². The van der Waals surface area contributed by atoms with Gasteiger partial charge in [-0.3, -0.25) is 4.68 Å². The van der Waals surface area contributed by atoms with E-state index in [1.165, 1.54) is 5.56 Å². The summed E-state index contributed by atoms with van der Waals surface area (Å²) in [7, 11) is 1.67. The first-order chi connectivity index (χ1) is 10.3. The minimum Gasteiger partial charge on any atom is -0.493 e. The standard InChI is InChI=1S/C17H25N3O/c1-3-12-20-17(16(21-2)13-19-20)15(18)11-7-10-14-8-5-4-6-9-14/h4-6,8-9,13,15H,3,7,10-12,18H2,1-2H3. The van der Waals surface area contributed by atoms with E-state index in [9.17, 15) is 0 Å². The maximum absolute atomic E-state index is 6.37. The van der Waals surface area contributed by atoms with Gasteiger partial charge in [-0.2, -0.15) is 5.10 Å². The van der Waals surface area contributed by atoms with Crippen molar-refractivity contribution >= 4 is 0 Å². The van der Waals surface area contributed by atoms with Gasteiger partial charge in [0.05, 0.1) is 25.0 Å². The van der Waals surface area contributed by atoms with Gasteiger partial charge in [0.1, 0.15) is 0 Å². The number of rotatable bonds is 8. The summed E-state index contributed by atoms with van der Waals surface area (Å²) in [6.07, 6.45) is 5.85. The predicted octanol–water partition coefficient (Wildman–Crippen LogP) is 3.32. The third kappa shape index (κ3) is 4.08. The Bertz CT molecular complexity index is 536. The third-order valence-electron chi connectivity index (χ3n) is 3.67. The fourth-order valence-corrected chi connectivity index (χ4v) is 2.61. The maximum atomic E-state index is 6.37. The average molecular weight is 287 g/mol. The van der Waals surface area contributed by atoms with Crippen molar-refractivity contribution < 1.29 is 4.74 Å². The molecule has 0 amide bonds. The largest absolute Gasteiger partial charge is 0.493 e. The van der Waals surface area contributed by atoms with Gasteiger partial charge in [-0.25, -0.2) is 0 Å². The summed E-state index contributed by atoms with van der Waals surface area (Å²) in [5.74, 6) is 0.802. The van der Waals surface area contributed by atoms with E-state index in [2.05, 4.69) is 36.3 Å². The second kappa shape index (κ2) is 7.84. The van der Waals surface area contributed by atoms with Crippen LogP contribution in [0.4, 0.5) is 0 Å². The van der Waals surface area contributed by atoms with Crippen LogP contribution < -0.4 is 10.5 Å². The van der Waals surface area contributed by atoms with Gasteiger partial charge in [0, 0.05) is 6.54 Å². The second-order valence-electron chi connectivity index (χ2n) is 5.31. The molecule has 1 aromatic heterocycles. The van der Waals surface area contributed by atoms with Gasteiger partial charge < -0.3 is 10.5 Å². The van der Waals surface area contributed by atoms with Crippen molar-refractivity contribution in [1.82, 2.24) is 9.78 Å². The normalized spacial score (nSPS) is 12.3. The minimum atomic E-state index is -0.0299. The Morgan fingerprint density at radius 3 is 2.71 bits per heavy atom. The highest BCUT2D eigenvalue weighted by Gasteiger charge is 2.18. The molecule has 2 rings (SSSR count). The Kier molecular flexibility index (Phi) is 5.81. The smallest absolute Gasteiger partial charge is 0.161 e. The van der Waals surface area contributed by atoms with Crippen molar-refractivity contribution in [3.63, 3.8) is 0 Å². The number of benzene rings is 1. The van der Waals surface area contributed by atoms with Crippen LogP contribution in [0.15, 0.2) is 36.5 Å². The van der Waals surface area contributed by atoms with Gasteiger partial charge in [-0.15, -0.1) is 0 Å². The molecule has 0 radical (unpaired) electrons.